The molecule has 0 aliphatic carbocycles. The zero-order valence-electron chi connectivity index (χ0n) is 15.2. The minimum atomic E-state index is -3.65. The highest BCUT2D eigenvalue weighted by Gasteiger charge is 2.30. The number of rotatable bonds is 7. The lowest BCUT2D eigenvalue weighted by atomic mass is 9.83. The Labute approximate surface area is 154 Å². The lowest BCUT2D eigenvalue weighted by Gasteiger charge is -2.24. The quantitative estimate of drug-likeness (QED) is 0.690. The molecule has 1 amide bonds. The molecule has 0 saturated heterocycles. The summed E-state index contributed by atoms with van der Waals surface area (Å²) >= 11 is 0. The Balaban J connectivity index is 2.21. The van der Waals surface area contributed by atoms with E-state index < -0.39 is 15.4 Å². The van der Waals surface area contributed by atoms with E-state index in [4.69, 9.17) is 5.73 Å². The molecule has 7 heteroatoms. The zero-order chi connectivity index (χ0) is 19.4. The molecule has 0 aliphatic rings. The van der Waals surface area contributed by atoms with Crippen molar-refractivity contribution >= 4 is 21.6 Å². The Morgan fingerprint density at radius 2 is 1.77 bits per heavy atom. The molecule has 2 aromatic rings. The molecule has 6 nitrogen and oxygen atoms in total. The average molecular weight is 375 g/mol. The second-order valence-corrected chi connectivity index (χ2v) is 8.43. The third kappa shape index (κ3) is 4.69. The average Bonchev–Trinajstić information content (AvgIpc) is 2.60. The molecule has 0 spiro atoms. The van der Waals surface area contributed by atoms with Crippen LogP contribution in [0.5, 0.6) is 0 Å². The topological polar surface area (TPSA) is 101 Å². The van der Waals surface area contributed by atoms with E-state index >= 15 is 0 Å². The molecule has 0 unspecified atom stereocenters. The lowest BCUT2D eigenvalue weighted by molar-refractivity contribution is -0.120. The normalized spacial score (nSPS) is 12.0. The second kappa shape index (κ2) is 7.99. The highest BCUT2D eigenvalue weighted by molar-refractivity contribution is 7.89. The molecule has 0 radical (unpaired) electrons. The van der Waals surface area contributed by atoms with Gasteiger partial charge >= 0.3 is 0 Å². The maximum absolute atomic E-state index is 12.8. The van der Waals surface area contributed by atoms with Crippen LogP contribution in [0.2, 0.25) is 0 Å². The molecule has 0 atom stereocenters. The van der Waals surface area contributed by atoms with Crippen LogP contribution in [0.25, 0.3) is 0 Å². The van der Waals surface area contributed by atoms with E-state index in [1.807, 2.05) is 45.0 Å². The van der Waals surface area contributed by atoms with E-state index in [0.717, 1.165) is 11.1 Å². The Hall–Kier alpha value is -2.22. The molecule has 2 aromatic carbocycles. The van der Waals surface area contributed by atoms with Gasteiger partial charge in [-0.3, -0.25) is 4.79 Å². The number of sulfonamides is 1. The van der Waals surface area contributed by atoms with E-state index in [-0.39, 0.29) is 23.9 Å². The van der Waals surface area contributed by atoms with E-state index in [9.17, 15) is 13.2 Å². The molecule has 4 N–H and O–H groups in total. The van der Waals surface area contributed by atoms with Gasteiger partial charge in [0.25, 0.3) is 0 Å². The zero-order valence-corrected chi connectivity index (χ0v) is 16.1. The summed E-state index contributed by atoms with van der Waals surface area (Å²) in [5.74, 6) is -0.217. The predicted octanol–water partition coefficient (Wildman–Crippen LogP) is 2.15. The summed E-state index contributed by atoms with van der Waals surface area (Å²) in [5.41, 5.74) is 7.00. The number of amides is 1. The third-order valence-electron chi connectivity index (χ3n) is 4.18. The van der Waals surface area contributed by atoms with Crippen LogP contribution in [0.1, 0.15) is 25.0 Å². The molecule has 0 bridgehead atoms. The molecular weight excluding hydrogens is 350 g/mol. The van der Waals surface area contributed by atoms with Crippen molar-refractivity contribution in [1.82, 2.24) is 4.72 Å². The third-order valence-corrected chi connectivity index (χ3v) is 5.64. The van der Waals surface area contributed by atoms with Gasteiger partial charge < -0.3 is 11.1 Å². The van der Waals surface area contributed by atoms with Crippen LogP contribution < -0.4 is 15.8 Å². The van der Waals surface area contributed by atoms with Crippen molar-refractivity contribution in [2.75, 3.05) is 18.4 Å². The first-order chi connectivity index (χ1) is 12.2. The van der Waals surface area contributed by atoms with Gasteiger partial charge in [-0.15, -0.1) is 0 Å². The van der Waals surface area contributed by atoms with Crippen LogP contribution in [-0.2, 0) is 20.2 Å². The van der Waals surface area contributed by atoms with E-state index in [1.54, 1.807) is 12.1 Å². The number of nitrogens with one attached hydrogen (secondary N) is 2. The smallest absolute Gasteiger partial charge is 0.240 e. The molecule has 0 aromatic heterocycles. The van der Waals surface area contributed by atoms with Gasteiger partial charge in [-0.05, 0) is 44.5 Å². The summed E-state index contributed by atoms with van der Waals surface area (Å²) in [6, 6.07) is 13.9. The highest BCUT2D eigenvalue weighted by Crippen LogP contribution is 2.26. The van der Waals surface area contributed by atoms with E-state index in [2.05, 4.69) is 10.0 Å². The minimum Gasteiger partial charge on any atom is -0.329 e. The van der Waals surface area contributed by atoms with Crippen molar-refractivity contribution in [3.8, 4) is 0 Å². The van der Waals surface area contributed by atoms with Crippen LogP contribution in [0.4, 0.5) is 5.69 Å². The predicted molar refractivity (Wildman–Crippen MR) is 104 cm³/mol. The number of carbonyl (C=O) groups excluding carboxylic acids is 1. The van der Waals surface area contributed by atoms with Crippen molar-refractivity contribution in [3.63, 3.8) is 0 Å². The molecule has 0 fully saturated rings. The fourth-order valence-electron chi connectivity index (χ4n) is 2.41. The summed E-state index contributed by atoms with van der Waals surface area (Å²) in [5, 5.41) is 2.81. The SMILES string of the molecule is Cc1ccc(C(C)(C)C(=O)Nc2cccc(S(=O)(=O)NCCN)c2)cc1. The van der Waals surface area contributed by atoms with Gasteiger partial charge in [-0.2, -0.15) is 0 Å². The molecule has 0 aliphatic heterocycles. The Kier molecular flexibility index (Phi) is 6.17. The van der Waals surface area contributed by atoms with Crippen LogP contribution >= 0.6 is 0 Å². The van der Waals surface area contributed by atoms with Crippen molar-refractivity contribution in [1.29, 1.82) is 0 Å². The number of benzene rings is 2. The van der Waals surface area contributed by atoms with Crippen LogP contribution in [0, 0.1) is 6.92 Å². The Morgan fingerprint density at radius 1 is 1.12 bits per heavy atom. The van der Waals surface area contributed by atoms with Crippen molar-refractivity contribution in [2.24, 2.45) is 5.73 Å². The van der Waals surface area contributed by atoms with Crippen molar-refractivity contribution in [2.45, 2.75) is 31.1 Å². The minimum absolute atomic E-state index is 0.0805. The summed E-state index contributed by atoms with van der Waals surface area (Å²) in [6.45, 7) is 6.01. The molecule has 140 valence electrons. The van der Waals surface area contributed by atoms with Gasteiger partial charge in [0, 0.05) is 18.8 Å². The number of aryl methyl sites for hydroxylation is 1. The van der Waals surface area contributed by atoms with Crippen molar-refractivity contribution < 1.29 is 13.2 Å². The first-order valence-corrected chi connectivity index (χ1v) is 9.83. The number of hydrogen-bond acceptors (Lipinski definition) is 4. The van der Waals surface area contributed by atoms with E-state index in [1.165, 1.54) is 12.1 Å². The monoisotopic (exact) mass is 375 g/mol. The van der Waals surface area contributed by atoms with Gasteiger partial charge in [0.15, 0.2) is 0 Å². The molecule has 2 rings (SSSR count). The first kappa shape index (κ1) is 20.1. The van der Waals surface area contributed by atoms with Gasteiger partial charge in [-0.1, -0.05) is 35.9 Å². The number of anilines is 1. The molecule has 26 heavy (non-hydrogen) atoms. The van der Waals surface area contributed by atoms with E-state index in [0.29, 0.717) is 5.69 Å². The Bertz CT molecular complexity index is 875. The molecular formula is C19H25N3O3S. The van der Waals surface area contributed by atoms with Crippen LogP contribution in [0.3, 0.4) is 0 Å². The van der Waals surface area contributed by atoms with Crippen molar-refractivity contribution in [3.05, 3.63) is 59.7 Å². The Morgan fingerprint density at radius 3 is 2.38 bits per heavy atom. The van der Waals surface area contributed by atoms with Gasteiger partial charge in [0.1, 0.15) is 0 Å². The van der Waals surface area contributed by atoms with Gasteiger partial charge in [0.2, 0.25) is 15.9 Å². The fraction of sp³-hybridized carbons (Fsp3) is 0.316. The summed E-state index contributed by atoms with van der Waals surface area (Å²) in [7, 11) is -3.65. The van der Waals surface area contributed by atoms with Crippen LogP contribution in [0.15, 0.2) is 53.4 Å². The first-order valence-electron chi connectivity index (χ1n) is 8.35. The van der Waals surface area contributed by atoms with Gasteiger partial charge in [-0.25, -0.2) is 13.1 Å². The summed E-state index contributed by atoms with van der Waals surface area (Å²) < 4.78 is 26.8. The molecule has 0 saturated carbocycles. The lowest BCUT2D eigenvalue weighted by Crippen LogP contribution is -2.34. The second-order valence-electron chi connectivity index (χ2n) is 6.66. The largest absolute Gasteiger partial charge is 0.329 e. The number of carbonyl (C=O) groups is 1. The maximum Gasteiger partial charge on any atom is 0.240 e. The number of hydrogen-bond donors (Lipinski definition) is 3. The van der Waals surface area contributed by atoms with Crippen LogP contribution in [-0.4, -0.2) is 27.4 Å². The maximum atomic E-state index is 12.8. The molecule has 0 heterocycles. The summed E-state index contributed by atoms with van der Waals surface area (Å²) in [6.07, 6.45) is 0. The van der Waals surface area contributed by atoms with Gasteiger partial charge in [0.05, 0.1) is 10.3 Å². The fourth-order valence-corrected chi connectivity index (χ4v) is 3.50. The number of nitrogens with two attached hydrogens (primary N) is 1. The standard InChI is InChI=1S/C19H25N3O3S/c1-14-7-9-15(10-8-14)19(2,3)18(23)22-16-5-4-6-17(13-16)26(24,25)21-12-11-20/h4-10,13,21H,11-12,20H2,1-3H3,(H,22,23). The summed E-state index contributed by atoms with van der Waals surface area (Å²) in [4.78, 5) is 12.8. The highest BCUT2D eigenvalue weighted by atomic mass is 32.2.